The lowest BCUT2D eigenvalue weighted by molar-refractivity contribution is 0.684. The summed E-state index contributed by atoms with van der Waals surface area (Å²) in [5.41, 5.74) is 1.71. The maximum absolute atomic E-state index is 12.3. The third-order valence-electron chi connectivity index (χ3n) is 3.69. The Morgan fingerprint density at radius 1 is 1.08 bits per heavy atom. The van der Waals surface area contributed by atoms with E-state index < -0.39 is 11.0 Å². The molecule has 10 heteroatoms. The van der Waals surface area contributed by atoms with E-state index in [9.17, 15) is 9.00 Å². The Bertz CT molecular complexity index is 1170. The van der Waals surface area contributed by atoms with Gasteiger partial charge >= 0.3 is 5.69 Å². The Kier molecular flexibility index (Phi) is 4.03. The van der Waals surface area contributed by atoms with E-state index in [0.717, 1.165) is 0 Å². The Morgan fingerprint density at radius 3 is 2.62 bits per heavy atom. The van der Waals surface area contributed by atoms with Crippen molar-refractivity contribution in [2.24, 2.45) is 5.14 Å². The number of nitrogens with one attached hydrogen (secondary N) is 2. The second kappa shape index (κ2) is 6.50. The standard InChI is InChI=1S/C16H13N7O2S/c17-26(25)11-7-5-10(6-8-11)20-14-18-9-19-15(22-14)23-13-4-2-1-3-12(13)21-16(23)24/h1-9H,17H2,(H,21,24)(H,18,19,20,22). The zero-order valence-corrected chi connectivity index (χ0v) is 14.1. The van der Waals surface area contributed by atoms with Gasteiger partial charge in [-0.15, -0.1) is 0 Å². The second-order valence-corrected chi connectivity index (χ2v) is 6.40. The number of anilines is 2. The third kappa shape index (κ3) is 2.98. The van der Waals surface area contributed by atoms with Crippen LogP contribution in [0.1, 0.15) is 0 Å². The molecule has 0 aliphatic rings. The summed E-state index contributed by atoms with van der Waals surface area (Å²) < 4.78 is 12.6. The van der Waals surface area contributed by atoms with Crippen LogP contribution in [-0.2, 0) is 11.0 Å². The average molecular weight is 367 g/mol. The molecule has 0 bridgehead atoms. The van der Waals surface area contributed by atoms with Crippen LogP contribution < -0.4 is 16.1 Å². The molecule has 9 nitrogen and oxygen atoms in total. The summed E-state index contributed by atoms with van der Waals surface area (Å²) in [5, 5.41) is 8.35. The highest BCUT2D eigenvalue weighted by Gasteiger charge is 2.11. The maximum atomic E-state index is 12.3. The summed E-state index contributed by atoms with van der Waals surface area (Å²) in [6.07, 6.45) is 1.32. The van der Waals surface area contributed by atoms with Gasteiger partial charge in [-0.1, -0.05) is 12.1 Å². The molecule has 2 aromatic heterocycles. The molecule has 0 aliphatic heterocycles. The topological polar surface area (TPSA) is 132 Å². The number of nitrogens with two attached hydrogens (primary N) is 1. The molecule has 0 fully saturated rings. The zero-order chi connectivity index (χ0) is 18.1. The Morgan fingerprint density at radius 2 is 1.85 bits per heavy atom. The van der Waals surface area contributed by atoms with Crippen LogP contribution in [0.5, 0.6) is 0 Å². The molecule has 1 unspecified atom stereocenters. The first-order valence-electron chi connectivity index (χ1n) is 7.54. The van der Waals surface area contributed by atoms with Crippen LogP contribution in [0.4, 0.5) is 11.6 Å². The molecule has 0 radical (unpaired) electrons. The summed E-state index contributed by atoms with van der Waals surface area (Å²) >= 11 is 0. The number of aromatic amines is 1. The van der Waals surface area contributed by atoms with Crippen molar-refractivity contribution in [3.63, 3.8) is 0 Å². The van der Waals surface area contributed by atoms with Gasteiger partial charge in [-0.3, -0.25) is 0 Å². The van der Waals surface area contributed by atoms with Crippen LogP contribution in [0, 0.1) is 0 Å². The van der Waals surface area contributed by atoms with E-state index in [1.54, 1.807) is 36.4 Å². The minimum Gasteiger partial charge on any atom is -0.324 e. The molecule has 4 aromatic rings. The first-order chi connectivity index (χ1) is 12.6. The van der Waals surface area contributed by atoms with E-state index in [0.29, 0.717) is 21.6 Å². The van der Waals surface area contributed by atoms with Crippen molar-refractivity contribution >= 4 is 33.7 Å². The molecule has 0 saturated heterocycles. The number of nitrogens with zero attached hydrogens (tertiary/aromatic N) is 4. The molecular weight excluding hydrogens is 354 g/mol. The van der Waals surface area contributed by atoms with Crippen LogP contribution in [0.25, 0.3) is 17.0 Å². The van der Waals surface area contributed by atoms with Gasteiger partial charge in [0.25, 0.3) is 0 Å². The largest absolute Gasteiger partial charge is 0.333 e. The number of hydrogen-bond acceptors (Lipinski definition) is 6. The summed E-state index contributed by atoms with van der Waals surface area (Å²) in [4.78, 5) is 28.0. The number of hydrogen-bond donors (Lipinski definition) is 3. The van der Waals surface area contributed by atoms with Gasteiger partial charge in [0.15, 0.2) is 0 Å². The van der Waals surface area contributed by atoms with Crippen molar-refractivity contribution < 1.29 is 4.21 Å². The summed E-state index contributed by atoms with van der Waals surface area (Å²) in [7, 11) is -1.53. The number of imidazole rings is 1. The molecule has 0 amide bonds. The molecule has 130 valence electrons. The third-order valence-corrected chi connectivity index (χ3v) is 4.43. The highest BCUT2D eigenvalue weighted by Crippen LogP contribution is 2.16. The predicted molar refractivity (Wildman–Crippen MR) is 97.6 cm³/mol. The second-order valence-electron chi connectivity index (χ2n) is 5.34. The molecule has 2 aromatic carbocycles. The van der Waals surface area contributed by atoms with Crippen molar-refractivity contribution in [3.8, 4) is 5.95 Å². The normalized spacial score (nSPS) is 12.2. The molecule has 0 spiro atoms. The fourth-order valence-corrected chi connectivity index (χ4v) is 2.91. The molecule has 26 heavy (non-hydrogen) atoms. The maximum Gasteiger partial charge on any atom is 0.333 e. The van der Waals surface area contributed by atoms with E-state index in [4.69, 9.17) is 5.14 Å². The van der Waals surface area contributed by atoms with Gasteiger partial charge in [-0.25, -0.2) is 28.7 Å². The lowest BCUT2D eigenvalue weighted by atomic mass is 10.3. The quantitative estimate of drug-likeness (QED) is 0.497. The molecule has 2 heterocycles. The van der Waals surface area contributed by atoms with E-state index in [-0.39, 0.29) is 17.6 Å². The number of rotatable bonds is 4. The van der Waals surface area contributed by atoms with Gasteiger partial charge in [0.1, 0.15) is 17.3 Å². The number of aromatic nitrogens is 5. The average Bonchev–Trinajstić information content (AvgIpc) is 2.98. The van der Waals surface area contributed by atoms with E-state index in [2.05, 4.69) is 25.3 Å². The van der Waals surface area contributed by atoms with E-state index in [1.807, 2.05) is 12.1 Å². The summed E-state index contributed by atoms with van der Waals surface area (Å²) in [6, 6.07) is 14.0. The van der Waals surface area contributed by atoms with Gasteiger partial charge in [-0.05, 0) is 36.4 Å². The Hall–Kier alpha value is -3.37. The monoisotopic (exact) mass is 367 g/mol. The van der Waals surface area contributed by atoms with Crippen molar-refractivity contribution in [2.75, 3.05) is 5.32 Å². The molecule has 4 N–H and O–H groups in total. The van der Waals surface area contributed by atoms with Crippen molar-refractivity contribution in [1.82, 2.24) is 24.5 Å². The van der Waals surface area contributed by atoms with Crippen molar-refractivity contribution in [1.29, 1.82) is 0 Å². The van der Waals surface area contributed by atoms with E-state index >= 15 is 0 Å². The summed E-state index contributed by atoms with van der Waals surface area (Å²) in [6.45, 7) is 0. The number of para-hydroxylation sites is 2. The Labute approximate surface area is 149 Å². The zero-order valence-electron chi connectivity index (χ0n) is 13.3. The van der Waals surface area contributed by atoms with Crippen molar-refractivity contribution in [2.45, 2.75) is 4.90 Å². The highest BCUT2D eigenvalue weighted by molar-refractivity contribution is 7.82. The predicted octanol–water partition coefficient (Wildman–Crippen LogP) is 1.23. The fourth-order valence-electron chi connectivity index (χ4n) is 2.51. The lowest BCUT2D eigenvalue weighted by Crippen LogP contribution is -2.18. The van der Waals surface area contributed by atoms with Crippen LogP contribution in [0.2, 0.25) is 0 Å². The van der Waals surface area contributed by atoms with Gasteiger partial charge in [-0.2, -0.15) is 4.98 Å². The molecular formula is C16H13N7O2S. The van der Waals surface area contributed by atoms with E-state index in [1.165, 1.54) is 10.9 Å². The highest BCUT2D eigenvalue weighted by atomic mass is 32.2. The lowest BCUT2D eigenvalue weighted by Gasteiger charge is -2.07. The molecule has 4 rings (SSSR count). The number of benzene rings is 2. The van der Waals surface area contributed by atoms with Gasteiger partial charge in [0, 0.05) is 5.69 Å². The van der Waals surface area contributed by atoms with Gasteiger partial charge < -0.3 is 10.3 Å². The van der Waals surface area contributed by atoms with Crippen LogP contribution in [-0.4, -0.2) is 28.7 Å². The van der Waals surface area contributed by atoms with Crippen LogP contribution in [0.3, 0.4) is 0 Å². The van der Waals surface area contributed by atoms with Gasteiger partial charge in [0.05, 0.1) is 15.9 Å². The fraction of sp³-hybridized carbons (Fsp3) is 0. The van der Waals surface area contributed by atoms with Crippen molar-refractivity contribution in [3.05, 3.63) is 65.3 Å². The minimum absolute atomic E-state index is 0.199. The minimum atomic E-state index is -1.53. The molecule has 1 atom stereocenters. The van der Waals surface area contributed by atoms with Crippen LogP contribution in [0.15, 0.2) is 64.5 Å². The molecule has 0 aliphatic carbocycles. The SMILES string of the molecule is NS(=O)c1ccc(Nc2ncnc(-n3c(=O)[nH]c4ccccc43)n2)cc1. The smallest absolute Gasteiger partial charge is 0.324 e. The Balaban J connectivity index is 1.69. The number of fused-ring (bicyclic) bond motifs is 1. The first kappa shape index (κ1) is 16.1. The first-order valence-corrected chi connectivity index (χ1v) is 8.75. The number of H-pyrrole nitrogens is 1. The van der Waals surface area contributed by atoms with Crippen LogP contribution >= 0.6 is 0 Å². The molecule has 0 saturated carbocycles. The van der Waals surface area contributed by atoms with Gasteiger partial charge in [0.2, 0.25) is 11.9 Å². The summed E-state index contributed by atoms with van der Waals surface area (Å²) in [5.74, 6) is 0.471.